The first-order valence-electron chi connectivity index (χ1n) is 5.98. The fraction of sp³-hybridized carbons (Fsp3) is 0.909. The Morgan fingerprint density at radius 2 is 2.06 bits per heavy atom. The molecule has 2 rings (SSSR count). The van der Waals surface area contributed by atoms with Crippen molar-refractivity contribution >= 4 is 17.7 Å². The minimum atomic E-state index is 0.141. The highest BCUT2D eigenvalue weighted by atomic mass is 32.2. The predicted octanol–water partition coefficient (Wildman–Crippen LogP) is -0.124. The van der Waals surface area contributed by atoms with E-state index in [1.807, 2.05) is 16.7 Å². The first-order chi connectivity index (χ1) is 7.79. The Bertz CT molecular complexity index is 244. The SMILES string of the molecule is O=C1CC(CO)CN1CCN1CCSCC1. The van der Waals surface area contributed by atoms with E-state index in [0.717, 1.165) is 32.7 Å². The van der Waals surface area contributed by atoms with Gasteiger partial charge in [-0.15, -0.1) is 0 Å². The molecule has 4 nitrogen and oxygen atoms in total. The average Bonchev–Trinajstić information content (AvgIpc) is 2.69. The van der Waals surface area contributed by atoms with Crippen LogP contribution in [-0.2, 0) is 4.79 Å². The fourth-order valence-corrected chi connectivity index (χ4v) is 3.26. The van der Waals surface area contributed by atoms with Crippen LogP contribution < -0.4 is 0 Å². The van der Waals surface area contributed by atoms with Gasteiger partial charge in [0.25, 0.3) is 0 Å². The summed E-state index contributed by atoms with van der Waals surface area (Å²) in [4.78, 5) is 15.9. The van der Waals surface area contributed by atoms with E-state index in [-0.39, 0.29) is 18.4 Å². The van der Waals surface area contributed by atoms with Crippen LogP contribution in [0.2, 0.25) is 0 Å². The summed E-state index contributed by atoms with van der Waals surface area (Å²) in [6.07, 6.45) is 0.534. The summed E-state index contributed by atoms with van der Waals surface area (Å²) in [5, 5.41) is 9.03. The minimum Gasteiger partial charge on any atom is -0.396 e. The van der Waals surface area contributed by atoms with E-state index in [4.69, 9.17) is 5.11 Å². The number of carbonyl (C=O) groups is 1. The van der Waals surface area contributed by atoms with Crippen molar-refractivity contribution in [2.45, 2.75) is 6.42 Å². The number of aliphatic hydroxyl groups is 1. The molecule has 2 fully saturated rings. The van der Waals surface area contributed by atoms with E-state index in [9.17, 15) is 4.79 Å². The lowest BCUT2D eigenvalue weighted by atomic mass is 10.1. The summed E-state index contributed by atoms with van der Waals surface area (Å²) in [5.41, 5.74) is 0. The van der Waals surface area contributed by atoms with Crippen molar-refractivity contribution in [2.24, 2.45) is 5.92 Å². The predicted molar refractivity (Wildman–Crippen MR) is 65.5 cm³/mol. The van der Waals surface area contributed by atoms with Crippen molar-refractivity contribution in [3.8, 4) is 0 Å². The molecule has 5 heteroatoms. The molecule has 0 radical (unpaired) electrons. The normalized spacial score (nSPS) is 27.7. The molecule has 2 saturated heterocycles. The van der Waals surface area contributed by atoms with E-state index < -0.39 is 0 Å². The molecule has 1 unspecified atom stereocenters. The Labute approximate surface area is 101 Å². The lowest BCUT2D eigenvalue weighted by Crippen LogP contribution is -2.40. The van der Waals surface area contributed by atoms with Gasteiger partial charge in [0.2, 0.25) is 5.91 Å². The van der Waals surface area contributed by atoms with Crippen molar-refractivity contribution in [3.05, 3.63) is 0 Å². The molecule has 1 N–H and O–H groups in total. The van der Waals surface area contributed by atoms with Crippen LogP contribution in [0.1, 0.15) is 6.42 Å². The van der Waals surface area contributed by atoms with Crippen LogP contribution in [0.5, 0.6) is 0 Å². The van der Waals surface area contributed by atoms with E-state index in [1.54, 1.807) is 0 Å². The number of hydrogen-bond acceptors (Lipinski definition) is 4. The van der Waals surface area contributed by atoms with Crippen molar-refractivity contribution in [2.75, 3.05) is 50.8 Å². The van der Waals surface area contributed by atoms with E-state index in [1.165, 1.54) is 11.5 Å². The molecule has 16 heavy (non-hydrogen) atoms. The molecule has 2 aliphatic heterocycles. The first kappa shape index (κ1) is 12.2. The van der Waals surface area contributed by atoms with Gasteiger partial charge in [0.1, 0.15) is 0 Å². The van der Waals surface area contributed by atoms with Gasteiger partial charge in [-0.25, -0.2) is 0 Å². The quantitative estimate of drug-likeness (QED) is 0.748. The molecule has 2 aliphatic rings. The van der Waals surface area contributed by atoms with Crippen molar-refractivity contribution in [3.63, 3.8) is 0 Å². The highest BCUT2D eigenvalue weighted by Crippen LogP contribution is 2.17. The van der Waals surface area contributed by atoms with Gasteiger partial charge in [-0.3, -0.25) is 9.69 Å². The molecular weight excluding hydrogens is 224 g/mol. The summed E-state index contributed by atoms with van der Waals surface area (Å²) in [6.45, 7) is 5.01. The van der Waals surface area contributed by atoms with E-state index in [0.29, 0.717) is 6.42 Å². The number of likely N-dealkylation sites (tertiary alicyclic amines) is 1. The van der Waals surface area contributed by atoms with Crippen molar-refractivity contribution in [1.82, 2.24) is 9.80 Å². The Morgan fingerprint density at radius 1 is 1.31 bits per heavy atom. The zero-order chi connectivity index (χ0) is 11.4. The highest BCUT2D eigenvalue weighted by Gasteiger charge is 2.28. The third-order valence-corrected chi connectivity index (χ3v) is 4.29. The molecular formula is C11H20N2O2S. The second-order valence-electron chi connectivity index (χ2n) is 4.55. The molecule has 2 heterocycles. The molecule has 0 bridgehead atoms. The van der Waals surface area contributed by atoms with Crippen LogP contribution >= 0.6 is 11.8 Å². The molecule has 92 valence electrons. The van der Waals surface area contributed by atoms with Crippen molar-refractivity contribution in [1.29, 1.82) is 0 Å². The fourth-order valence-electron chi connectivity index (χ4n) is 2.28. The highest BCUT2D eigenvalue weighted by molar-refractivity contribution is 7.99. The number of nitrogens with zero attached hydrogens (tertiary/aromatic N) is 2. The van der Waals surface area contributed by atoms with Gasteiger partial charge in [-0.2, -0.15) is 11.8 Å². The third-order valence-electron chi connectivity index (χ3n) is 3.34. The first-order valence-corrected chi connectivity index (χ1v) is 7.14. The monoisotopic (exact) mass is 244 g/mol. The molecule has 1 atom stereocenters. The van der Waals surface area contributed by atoms with Gasteiger partial charge in [0, 0.05) is 63.2 Å². The standard InChI is InChI=1S/C11H20N2O2S/c14-9-10-7-11(15)13(8-10)2-1-12-3-5-16-6-4-12/h10,14H,1-9H2. The Morgan fingerprint density at radius 3 is 2.69 bits per heavy atom. The number of carbonyl (C=O) groups excluding carboxylic acids is 1. The van der Waals surface area contributed by atoms with Crippen LogP contribution in [0.3, 0.4) is 0 Å². The minimum absolute atomic E-state index is 0.141. The lowest BCUT2D eigenvalue weighted by Gasteiger charge is -2.28. The number of hydrogen-bond donors (Lipinski definition) is 1. The molecule has 0 aromatic carbocycles. The van der Waals surface area contributed by atoms with Crippen LogP contribution in [0, 0.1) is 5.92 Å². The average molecular weight is 244 g/mol. The Hall–Kier alpha value is -0.260. The van der Waals surface area contributed by atoms with Crippen LogP contribution in [0.25, 0.3) is 0 Å². The topological polar surface area (TPSA) is 43.8 Å². The lowest BCUT2D eigenvalue weighted by molar-refractivity contribution is -0.127. The maximum absolute atomic E-state index is 11.6. The Kier molecular flexibility index (Phi) is 4.49. The van der Waals surface area contributed by atoms with Crippen LogP contribution in [0.4, 0.5) is 0 Å². The maximum atomic E-state index is 11.6. The van der Waals surface area contributed by atoms with Crippen molar-refractivity contribution < 1.29 is 9.90 Å². The largest absolute Gasteiger partial charge is 0.396 e. The summed E-state index contributed by atoms with van der Waals surface area (Å²) in [7, 11) is 0. The molecule has 0 spiro atoms. The summed E-state index contributed by atoms with van der Waals surface area (Å²) in [6, 6.07) is 0. The van der Waals surface area contributed by atoms with Gasteiger partial charge in [0.05, 0.1) is 0 Å². The molecule has 0 aliphatic carbocycles. The van der Waals surface area contributed by atoms with Gasteiger partial charge < -0.3 is 10.0 Å². The van der Waals surface area contributed by atoms with Gasteiger partial charge in [-0.05, 0) is 0 Å². The number of aliphatic hydroxyl groups excluding tert-OH is 1. The van der Waals surface area contributed by atoms with Gasteiger partial charge in [-0.1, -0.05) is 0 Å². The van der Waals surface area contributed by atoms with E-state index in [2.05, 4.69) is 4.90 Å². The second kappa shape index (κ2) is 5.89. The third kappa shape index (κ3) is 3.12. The van der Waals surface area contributed by atoms with Crippen LogP contribution in [0.15, 0.2) is 0 Å². The summed E-state index contributed by atoms with van der Waals surface area (Å²) in [5.74, 6) is 2.82. The number of rotatable bonds is 4. The summed E-state index contributed by atoms with van der Waals surface area (Å²) >= 11 is 2.01. The maximum Gasteiger partial charge on any atom is 0.223 e. The number of thioether (sulfide) groups is 1. The second-order valence-corrected chi connectivity index (χ2v) is 5.77. The molecule has 0 aromatic rings. The molecule has 0 aromatic heterocycles. The van der Waals surface area contributed by atoms with Gasteiger partial charge >= 0.3 is 0 Å². The zero-order valence-corrected chi connectivity index (χ0v) is 10.4. The molecule has 0 saturated carbocycles. The molecule has 1 amide bonds. The van der Waals surface area contributed by atoms with Crippen LogP contribution in [-0.4, -0.2) is 71.6 Å². The van der Waals surface area contributed by atoms with Gasteiger partial charge in [0.15, 0.2) is 0 Å². The zero-order valence-electron chi connectivity index (χ0n) is 9.60. The number of amides is 1. The summed E-state index contributed by atoms with van der Waals surface area (Å²) < 4.78 is 0. The van der Waals surface area contributed by atoms with E-state index >= 15 is 0 Å². The Balaban J connectivity index is 1.71. The smallest absolute Gasteiger partial charge is 0.223 e.